The summed E-state index contributed by atoms with van der Waals surface area (Å²) in [5.74, 6) is 0.513. The highest BCUT2D eigenvalue weighted by Crippen LogP contribution is 2.33. The summed E-state index contributed by atoms with van der Waals surface area (Å²) >= 11 is 19.4. The van der Waals surface area contributed by atoms with E-state index >= 15 is 0 Å². The monoisotopic (exact) mass is 454 g/mol. The first-order valence-electron chi connectivity index (χ1n) is 8.38. The standard InChI is InChI=1S/C19H17Cl3N4OS/c1-10-6-4-5-7-17(10)26-12(3)24-25-19(26)28-11(2)18(27)23-16-9-14(21)13(20)8-15(16)22/h4-9,11H,1-3H3,(H,23,27). The summed E-state index contributed by atoms with van der Waals surface area (Å²) in [4.78, 5) is 12.7. The molecule has 1 amide bonds. The highest BCUT2D eigenvalue weighted by atomic mass is 35.5. The molecular weight excluding hydrogens is 439 g/mol. The second kappa shape index (κ2) is 8.74. The zero-order valence-corrected chi connectivity index (χ0v) is 18.4. The molecule has 0 spiro atoms. The van der Waals surface area contributed by atoms with E-state index in [9.17, 15) is 4.79 Å². The molecule has 3 rings (SSSR count). The molecule has 1 aromatic heterocycles. The molecule has 2 aromatic carbocycles. The lowest BCUT2D eigenvalue weighted by molar-refractivity contribution is -0.115. The number of aromatic nitrogens is 3. The fraction of sp³-hybridized carbons (Fsp3) is 0.211. The van der Waals surface area contributed by atoms with E-state index in [1.807, 2.05) is 42.7 Å². The third kappa shape index (κ3) is 4.46. The average Bonchev–Trinajstić information content (AvgIpc) is 3.00. The van der Waals surface area contributed by atoms with Crippen molar-refractivity contribution >= 4 is 58.2 Å². The second-order valence-electron chi connectivity index (χ2n) is 6.15. The maximum Gasteiger partial charge on any atom is 0.237 e. The second-order valence-corrected chi connectivity index (χ2v) is 8.68. The number of para-hydroxylation sites is 1. The number of carbonyl (C=O) groups is 1. The summed E-state index contributed by atoms with van der Waals surface area (Å²) in [5, 5.41) is 12.3. The molecule has 28 heavy (non-hydrogen) atoms. The molecule has 0 bridgehead atoms. The molecule has 146 valence electrons. The first-order valence-corrected chi connectivity index (χ1v) is 10.4. The van der Waals surface area contributed by atoms with Crippen molar-refractivity contribution in [1.29, 1.82) is 0 Å². The van der Waals surface area contributed by atoms with Crippen molar-refractivity contribution in [3.8, 4) is 5.69 Å². The van der Waals surface area contributed by atoms with E-state index in [-0.39, 0.29) is 5.91 Å². The van der Waals surface area contributed by atoms with Gasteiger partial charge >= 0.3 is 0 Å². The predicted molar refractivity (Wildman–Crippen MR) is 116 cm³/mol. The Hall–Kier alpha value is -1.73. The van der Waals surface area contributed by atoms with Crippen molar-refractivity contribution in [2.24, 2.45) is 0 Å². The van der Waals surface area contributed by atoms with E-state index in [0.717, 1.165) is 17.1 Å². The van der Waals surface area contributed by atoms with Crippen LogP contribution in [0.3, 0.4) is 0 Å². The Morgan fingerprint density at radius 3 is 2.46 bits per heavy atom. The van der Waals surface area contributed by atoms with Crippen LogP contribution in [0.4, 0.5) is 5.69 Å². The molecule has 0 fully saturated rings. The zero-order valence-electron chi connectivity index (χ0n) is 15.3. The molecule has 1 unspecified atom stereocenters. The Morgan fingerprint density at radius 1 is 1.07 bits per heavy atom. The van der Waals surface area contributed by atoms with Gasteiger partial charge in [0.2, 0.25) is 5.91 Å². The molecule has 0 saturated heterocycles. The van der Waals surface area contributed by atoms with E-state index in [1.165, 1.54) is 23.9 Å². The van der Waals surface area contributed by atoms with Gasteiger partial charge in [-0.05, 0) is 44.5 Å². The minimum absolute atomic E-state index is 0.234. The van der Waals surface area contributed by atoms with E-state index in [0.29, 0.717) is 25.9 Å². The number of nitrogens with zero attached hydrogens (tertiary/aromatic N) is 3. The Morgan fingerprint density at radius 2 is 1.75 bits per heavy atom. The van der Waals surface area contributed by atoms with Crippen molar-refractivity contribution in [1.82, 2.24) is 14.8 Å². The molecule has 1 heterocycles. The topological polar surface area (TPSA) is 59.8 Å². The van der Waals surface area contributed by atoms with Crippen molar-refractivity contribution in [3.05, 3.63) is 62.9 Å². The molecular formula is C19H17Cl3N4OS. The Bertz CT molecular complexity index is 1040. The van der Waals surface area contributed by atoms with Crippen LogP contribution in [0.1, 0.15) is 18.3 Å². The van der Waals surface area contributed by atoms with E-state index < -0.39 is 5.25 Å². The van der Waals surface area contributed by atoms with Crippen LogP contribution in [0.2, 0.25) is 15.1 Å². The first-order chi connectivity index (χ1) is 13.3. The summed E-state index contributed by atoms with van der Waals surface area (Å²) in [6, 6.07) is 11.0. The fourth-order valence-electron chi connectivity index (χ4n) is 2.58. The number of rotatable bonds is 5. The van der Waals surface area contributed by atoms with E-state index in [2.05, 4.69) is 15.5 Å². The zero-order chi connectivity index (χ0) is 20.4. The van der Waals surface area contributed by atoms with Gasteiger partial charge in [0.05, 0.1) is 31.7 Å². The summed E-state index contributed by atoms with van der Waals surface area (Å²) in [7, 11) is 0. The lowest BCUT2D eigenvalue weighted by Crippen LogP contribution is -2.23. The SMILES string of the molecule is Cc1ccccc1-n1c(C)nnc1SC(C)C(=O)Nc1cc(Cl)c(Cl)cc1Cl. The van der Waals surface area contributed by atoms with Crippen molar-refractivity contribution in [3.63, 3.8) is 0 Å². The smallest absolute Gasteiger partial charge is 0.237 e. The number of thioether (sulfide) groups is 1. The van der Waals surface area contributed by atoms with Gasteiger partial charge in [-0.3, -0.25) is 9.36 Å². The Kier molecular flexibility index (Phi) is 6.55. The molecule has 0 aliphatic rings. The molecule has 9 heteroatoms. The number of amides is 1. The number of aryl methyl sites for hydroxylation is 2. The number of halogens is 3. The van der Waals surface area contributed by atoms with Crippen molar-refractivity contribution in [2.45, 2.75) is 31.2 Å². The van der Waals surface area contributed by atoms with Crippen LogP contribution < -0.4 is 5.32 Å². The normalized spacial score (nSPS) is 12.1. The van der Waals surface area contributed by atoms with Crippen LogP contribution in [0.15, 0.2) is 41.6 Å². The number of anilines is 1. The van der Waals surface area contributed by atoms with Crippen LogP contribution >= 0.6 is 46.6 Å². The number of carbonyl (C=O) groups excluding carboxylic acids is 1. The summed E-state index contributed by atoms with van der Waals surface area (Å²) < 4.78 is 1.94. The van der Waals surface area contributed by atoms with Crippen LogP contribution in [0, 0.1) is 13.8 Å². The maximum absolute atomic E-state index is 12.7. The molecule has 0 radical (unpaired) electrons. The van der Waals surface area contributed by atoms with Crippen LogP contribution in [-0.2, 0) is 4.79 Å². The summed E-state index contributed by atoms with van der Waals surface area (Å²) in [6.07, 6.45) is 0. The highest BCUT2D eigenvalue weighted by Gasteiger charge is 2.21. The number of nitrogens with one attached hydrogen (secondary N) is 1. The molecule has 3 aromatic rings. The predicted octanol–water partition coefficient (Wildman–Crippen LogP) is 5.96. The molecule has 1 atom stereocenters. The van der Waals surface area contributed by atoms with Crippen molar-refractivity contribution in [2.75, 3.05) is 5.32 Å². The molecule has 0 saturated carbocycles. The van der Waals surface area contributed by atoms with Gasteiger partial charge in [-0.25, -0.2) is 0 Å². The van der Waals surface area contributed by atoms with Crippen LogP contribution in [0.25, 0.3) is 5.69 Å². The van der Waals surface area contributed by atoms with Crippen LogP contribution in [-0.4, -0.2) is 25.9 Å². The molecule has 1 N–H and O–H groups in total. The third-order valence-corrected chi connectivity index (χ3v) is 6.15. The van der Waals surface area contributed by atoms with Gasteiger partial charge in [-0.2, -0.15) is 0 Å². The minimum Gasteiger partial charge on any atom is -0.324 e. The first kappa shape index (κ1) is 21.0. The van der Waals surface area contributed by atoms with Gasteiger partial charge < -0.3 is 5.32 Å². The van der Waals surface area contributed by atoms with Gasteiger partial charge in [0.15, 0.2) is 5.16 Å². The quantitative estimate of drug-likeness (QED) is 0.381. The van der Waals surface area contributed by atoms with Gasteiger partial charge in [-0.15, -0.1) is 10.2 Å². The lowest BCUT2D eigenvalue weighted by Gasteiger charge is -2.15. The van der Waals surface area contributed by atoms with E-state index in [4.69, 9.17) is 34.8 Å². The van der Waals surface area contributed by atoms with Gasteiger partial charge in [-0.1, -0.05) is 64.8 Å². The van der Waals surface area contributed by atoms with Crippen molar-refractivity contribution < 1.29 is 4.79 Å². The number of hydrogen-bond acceptors (Lipinski definition) is 4. The molecule has 5 nitrogen and oxygen atoms in total. The average molecular weight is 456 g/mol. The summed E-state index contributed by atoms with van der Waals surface area (Å²) in [6.45, 7) is 5.69. The van der Waals surface area contributed by atoms with Gasteiger partial charge in [0, 0.05) is 0 Å². The van der Waals surface area contributed by atoms with Gasteiger partial charge in [0.25, 0.3) is 0 Å². The largest absolute Gasteiger partial charge is 0.324 e. The highest BCUT2D eigenvalue weighted by molar-refractivity contribution is 8.00. The molecule has 0 aliphatic carbocycles. The van der Waals surface area contributed by atoms with Crippen LogP contribution in [0.5, 0.6) is 0 Å². The Labute approximate surface area is 182 Å². The minimum atomic E-state index is -0.447. The summed E-state index contributed by atoms with van der Waals surface area (Å²) in [5.41, 5.74) is 2.48. The Balaban J connectivity index is 1.81. The number of hydrogen-bond donors (Lipinski definition) is 1. The lowest BCUT2D eigenvalue weighted by atomic mass is 10.2. The fourth-order valence-corrected chi connectivity index (χ4v) is 4.08. The van der Waals surface area contributed by atoms with E-state index in [1.54, 1.807) is 6.92 Å². The molecule has 0 aliphatic heterocycles. The number of benzene rings is 2. The maximum atomic E-state index is 12.7. The third-order valence-electron chi connectivity index (χ3n) is 4.07. The van der Waals surface area contributed by atoms with Gasteiger partial charge in [0.1, 0.15) is 5.82 Å².